The lowest BCUT2D eigenvalue weighted by molar-refractivity contribution is -0.0747. The van der Waals surface area contributed by atoms with E-state index in [1.54, 1.807) is 6.92 Å². The minimum atomic E-state index is -0.696. The molecule has 1 aromatic heterocycles. The fourth-order valence-electron chi connectivity index (χ4n) is 2.12. The Hall–Kier alpha value is -1.44. The van der Waals surface area contributed by atoms with E-state index < -0.39 is 29.7 Å². The second-order valence-corrected chi connectivity index (χ2v) is 5.29. The molecular formula is C13H20N2O5. The van der Waals surface area contributed by atoms with E-state index in [1.807, 2.05) is 13.8 Å². The van der Waals surface area contributed by atoms with E-state index in [9.17, 15) is 14.7 Å². The Kier molecular flexibility index (Phi) is 4.42. The van der Waals surface area contributed by atoms with Gasteiger partial charge in [0.05, 0.1) is 18.8 Å². The summed E-state index contributed by atoms with van der Waals surface area (Å²) in [5.74, 6) is 0. The van der Waals surface area contributed by atoms with Crippen molar-refractivity contribution in [2.24, 2.45) is 0 Å². The normalized spacial score (nSPS) is 26.4. The number of rotatable bonds is 4. The molecule has 112 valence electrons. The molecule has 7 heteroatoms. The number of aliphatic hydroxyl groups is 1. The first-order valence-electron chi connectivity index (χ1n) is 6.65. The number of aromatic amines is 1. The van der Waals surface area contributed by atoms with Crippen LogP contribution >= 0.6 is 0 Å². The summed E-state index contributed by atoms with van der Waals surface area (Å²) in [4.78, 5) is 25.3. The van der Waals surface area contributed by atoms with Gasteiger partial charge in [0.2, 0.25) is 0 Å². The smallest absolute Gasteiger partial charge is 0.330 e. The molecule has 1 fully saturated rings. The Bertz CT molecular complexity index is 577. The van der Waals surface area contributed by atoms with Crippen molar-refractivity contribution >= 4 is 0 Å². The fraction of sp³-hybridized carbons (Fsp3) is 0.692. The molecule has 7 nitrogen and oxygen atoms in total. The molecule has 1 aliphatic rings. The zero-order valence-electron chi connectivity index (χ0n) is 11.8. The zero-order chi connectivity index (χ0) is 14.9. The predicted molar refractivity (Wildman–Crippen MR) is 71.7 cm³/mol. The first-order chi connectivity index (χ1) is 9.38. The minimum absolute atomic E-state index is 0.0443. The van der Waals surface area contributed by atoms with Gasteiger partial charge in [0.1, 0.15) is 12.3 Å². The largest absolute Gasteiger partial charge is 0.390 e. The average molecular weight is 284 g/mol. The molecule has 1 aromatic rings. The average Bonchev–Trinajstić information content (AvgIpc) is 2.72. The number of nitrogens with zero attached hydrogens (tertiary/aromatic N) is 1. The van der Waals surface area contributed by atoms with Crippen molar-refractivity contribution in [1.29, 1.82) is 0 Å². The molecule has 1 saturated heterocycles. The molecule has 0 amide bonds. The van der Waals surface area contributed by atoms with Gasteiger partial charge in [-0.2, -0.15) is 0 Å². The van der Waals surface area contributed by atoms with Crippen LogP contribution < -0.4 is 11.2 Å². The second-order valence-electron chi connectivity index (χ2n) is 5.29. The lowest BCUT2D eigenvalue weighted by atomic mass is 10.2. The van der Waals surface area contributed by atoms with Crippen molar-refractivity contribution < 1.29 is 14.6 Å². The Balaban J connectivity index is 2.14. The van der Waals surface area contributed by atoms with Gasteiger partial charge in [0, 0.05) is 18.2 Å². The van der Waals surface area contributed by atoms with E-state index in [0.717, 1.165) is 0 Å². The number of nitrogens with one attached hydrogen (secondary N) is 1. The highest BCUT2D eigenvalue weighted by Gasteiger charge is 2.35. The van der Waals surface area contributed by atoms with Crippen LogP contribution in [0.4, 0.5) is 0 Å². The second kappa shape index (κ2) is 5.90. The predicted octanol–water partition coefficient (Wildman–Crippen LogP) is -0.0816. The van der Waals surface area contributed by atoms with E-state index in [2.05, 4.69) is 4.98 Å². The molecule has 2 rings (SSSR count). The van der Waals surface area contributed by atoms with Crippen LogP contribution in [-0.2, 0) is 9.47 Å². The van der Waals surface area contributed by atoms with Crippen LogP contribution in [0.25, 0.3) is 0 Å². The Labute approximate surface area is 116 Å². The van der Waals surface area contributed by atoms with E-state index in [4.69, 9.17) is 9.47 Å². The van der Waals surface area contributed by atoms with Crippen molar-refractivity contribution in [2.45, 2.75) is 51.7 Å². The summed E-state index contributed by atoms with van der Waals surface area (Å²) in [5, 5.41) is 9.96. The Morgan fingerprint density at radius 3 is 2.90 bits per heavy atom. The lowest BCUT2D eigenvalue weighted by Crippen LogP contribution is -2.33. The first kappa shape index (κ1) is 15.0. The van der Waals surface area contributed by atoms with Gasteiger partial charge in [0.25, 0.3) is 5.56 Å². The molecule has 1 aliphatic heterocycles. The third-order valence-corrected chi connectivity index (χ3v) is 3.25. The SMILES string of the molecule is Cc1cn([C@H]2C[C@H](O)[C@@H](COC(C)C)O2)c(=O)[nH]c1=O. The van der Waals surface area contributed by atoms with Gasteiger partial charge in [-0.3, -0.25) is 14.3 Å². The first-order valence-corrected chi connectivity index (χ1v) is 6.65. The van der Waals surface area contributed by atoms with E-state index >= 15 is 0 Å². The topological polar surface area (TPSA) is 93.6 Å². The van der Waals surface area contributed by atoms with Crippen LogP contribution in [0, 0.1) is 6.92 Å². The fourth-order valence-corrected chi connectivity index (χ4v) is 2.12. The van der Waals surface area contributed by atoms with Crippen LogP contribution in [0.3, 0.4) is 0 Å². The molecule has 0 spiro atoms. The van der Waals surface area contributed by atoms with Crippen LogP contribution in [0.15, 0.2) is 15.8 Å². The van der Waals surface area contributed by atoms with Crippen LogP contribution in [0.1, 0.15) is 32.1 Å². The molecule has 0 saturated carbocycles. The summed E-state index contributed by atoms with van der Waals surface area (Å²) in [6.45, 7) is 5.68. The number of ether oxygens (including phenoxy) is 2. The molecule has 3 atom stereocenters. The van der Waals surface area contributed by atoms with Crippen molar-refractivity contribution in [1.82, 2.24) is 9.55 Å². The van der Waals surface area contributed by atoms with Gasteiger partial charge < -0.3 is 14.6 Å². The van der Waals surface area contributed by atoms with Crippen LogP contribution in [0.2, 0.25) is 0 Å². The standard InChI is InChI=1S/C13H20N2O5/c1-7(2)19-6-10-9(16)4-11(20-10)15-5-8(3)12(17)14-13(15)18/h5,7,9-11,16H,4,6H2,1-3H3,(H,14,17,18)/t9-,10+,11+/m0/s1. The Morgan fingerprint density at radius 2 is 2.25 bits per heavy atom. The Morgan fingerprint density at radius 1 is 1.55 bits per heavy atom. The molecular weight excluding hydrogens is 264 g/mol. The van der Waals surface area contributed by atoms with E-state index in [0.29, 0.717) is 5.56 Å². The molecule has 2 N–H and O–H groups in total. The molecule has 20 heavy (non-hydrogen) atoms. The molecule has 0 radical (unpaired) electrons. The summed E-state index contributed by atoms with van der Waals surface area (Å²) < 4.78 is 12.4. The molecule has 0 aromatic carbocycles. The molecule has 0 aliphatic carbocycles. The number of aryl methyl sites for hydroxylation is 1. The molecule has 2 heterocycles. The maximum absolute atomic E-state index is 11.8. The van der Waals surface area contributed by atoms with Gasteiger partial charge in [-0.25, -0.2) is 4.79 Å². The maximum atomic E-state index is 11.8. The summed E-state index contributed by atoms with van der Waals surface area (Å²) >= 11 is 0. The summed E-state index contributed by atoms with van der Waals surface area (Å²) in [5.41, 5.74) is -0.530. The highest BCUT2D eigenvalue weighted by atomic mass is 16.6. The molecule has 0 unspecified atom stereocenters. The number of aliphatic hydroxyl groups excluding tert-OH is 1. The van der Waals surface area contributed by atoms with E-state index in [1.165, 1.54) is 10.8 Å². The molecule has 0 bridgehead atoms. The lowest BCUT2D eigenvalue weighted by Gasteiger charge is -2.17. The van der Waals surface area contributed by atoms with Crippen molar-refractivity contribution in [3.05, 3.63) is 32.6 Å². The number of aromatic nitrogens is 2. The van der Waals surface area contributed by atoms with Crippen molar-refractivity contribution in [3.8, 4) is 0 Å². The van der Waals surface area contributed by atoms with Gasteiger partial charge in [0.15, 0.2) is 0 Å². The minimum Gasteiger partial charge on any atom is -0.390 e. The van der Waals surface area contributed by atoms with Crippen molar-refractivity contribution in [2.75, 3.05) is 6.61 Å². The highest BCUT2D eigenvalue weighted by molar-refractivity contribution is 5.02. The third-order valence-electron chi connectivity index (χ3n) is 3.25. The van der Waals surface area contributed by atoms with Gasteiger partial charge in [-0.05, 0) is 20.8 Å². The van der Waals surface area contributed by atoms with Gasteiger partial charge in [-0.15, -0.1) is 0 Å². The maximum Gasteiger partial charge on any atom is 0.330 e. The quantitative estimate of drug-likeness (QED) is 0.806. The number of hydrogen-bond acceptors (Lipinski definition) is 5. The number of H-pyrrole nitrogens is 1. The number of hydrogen-bond donors (Lipinski definition) is 2. The monoisotopic (exact) mass is 284 g/mol. The van der Waals surface area contributed by atoms with Gasteiger partial charge in [-0.1, -0.05) is 0 Å². The van der Waals surface area contributed by atoms with Crippen LogP contribution in [0.5, 0.6) is 0 Å². The van der Waals surface area contributed by atoms with E-state index in [-0.39, 0.29) is 19.1 Å². The highest BCUT2D eigenvalue weighted by Crippen LogP contribution is 2.27. The summed E-state index contributed by atoms with van der Waals surface area (Å²) in [7, 11) is 0. The van der Waals surface area contributed by atoms with Gasteiger partial charge >= 0.3 is 5.69 Å². The zero-order valence-corrected chi connectivity index (χ0v) is 11.8. The summed E-state index contributed by atoms with van der Waals surface area (Å²) in [6.07, 6.45) is 0.0259. The van der Waals surface area contributed by atoms with Crippen molar-refractivity contribution in [3.63, 3.8) is 0 Å². The van der Waals surface area contributed by atoms with Crippen LogP contribution in [-0.4, -0.2) is 39.6 Å². The summed E-state index contributed by atoms with van der Waals surface area (Å²) in [6, 6.07) is 0. The third kappa shape index (κ3) is 3.17.